The number of anilines is 12. The van der Waals surface area contributed by atoms with Crippen LogP contribution in [0.3, 0.4) is 0 Å². The van der Waals surface area contributed by atoms with Gasteiger partial charge in [-0.05, 0) is 145 Å². The minimum absolute atomic E-state index is 0.533. The molecule has 0 radical (unpaired) electrons. The van der Waals surface area contributed by atoms with Crippen molar-refractivity contribution in [1.82, 2.24) is 29.1 Å². The summed E-state index contributed by atoms with van der Waals surface area (Å²) in [5.74, 6) is 3.91. The van der Waals surface area contributed by atoms with Crippen LogP contribution in [0.4, 0.5) is 68.8 Å². The highest BCUT2D eigenvalue weighted by atomic mass is 15.3. The Bertz CT molecular complexity index is 4500. The topological polar surface area (TPSA) is 74.4 Å². The lowest BCUT2D eigenvalue weighted by Crippen LogP contribution is -2.18. The lowest BCUT2D eigenvalue weighted by molar-refractivity contribution is 0.967. The maximum atomic E-state index is 5.59. The van der Waals surface area contributed by atoms with Crippen LogP contribution in [0.1, 0.15) is 0 Å². The van der Waals surface area contributed by atoms with E-state index < -0.39 is 0 Å². The Morgan fingerprint density at radius 2 is 0.400 bits per heavy atom. The molecule has 0 saturated heterocycles. The summed E-state index contributed by atoms with van der Waals surface area (Å²) in [6, 6.07) is 118. The lowest BCUT2D eigenvalue weighted by Gasteiger charge is -2.28. The fourth-order valence-electron chi connectivity index (χ4n) is 12.5. The van der Waals surface area contributed by atoms with Gasteiger partial charge in [-0.15, -0.1) is 0 Å². The summed E-state index contributed by atoms with van der Waals surface area (Å²) < 4.78 is 4.44. The average Bonchev–Trinajstić information content (AvgIpc) is 1.64. The SMILES string of the molecule is c1ccc(N(c2ccccc2)c2cc(N(c3ccccc3)c3ccccc3)nc(-n3c4ccccc4c4cc(-c5ccc6c(c5)c5ccccc5n6-c5nc(N(c6ccccc6)c6ccccc6)cc(N(c6ccccc6)c6ccccc6)n5)ccc43)n2)cc1. The fraction of sp³-hybridized carbons (Fsp3) is 0. The molecule has 426 valence electrons. The fourth-order valence-corrected chi connectivity index (χ4v) is 12.5. The molecule has 0 atom stereocenters. The van der Waals surface area contributed by atoms with E-state index in [-0.39, 0.29) is 0 Å². The third-order valence-electron chi connectivity index (χ3n) is 16.5. The molecule has 16 aromatic rings. The van der Waals surface area contributed by atoms with Crippen LogP contribution in [-0.2, 0) is 0 Å². The first-order valence-corrected chi connectivity index (χ1v) is 30.1. The molecule has 0 N–H and O–H groups in total. The molecular formula is C80H56N10. The van der Waals surface area contributed by atoms with E-state index in [9.17, 15) is 0 Å². The van der Waals surface area contributed by atoms with Crippen molar-refractivity contribution >= 4 is 112 Å². The summed E-state index contributed by atoms with van der Waals surface area (Å²) in [7, 11) is 0. The molecule has 4 aromatic heterocycles. The number of hydrogen-bond donors (Lipinski definition) is 0. The molecule has 10 heteroatoms. The van der Waals surface area contributed by atoms with Gasteiger partial charge in [0.2, 0.25) is 11.9 Å². The van der Waals surface area contributed by atoms with Crippen molar-refractivity contribution < 1.29 is 0 Å². The van der Waals surface area contributed by atoms with E-state index in [2.05, 4.69) is 320 Å². The van der Waals surface area contributed by atoms with Crippen molar-refractivity contribution in [3.8, 4) is 23.0 Å². The Balaban J connectivity index is 0.876. The van der Waals surface area contributed by atoms with E-state index in [0.29, 0.717) is 35.2 Å². The van der Waals surface area contributed by atoms with Crippen molar-refractivity contribution in [2.75, 3.05) is 19.6 Å². The van der Waals surface area contributed by atoms with Crippen LogP contribution >= 0.6 is 0 Å². The molecule has 0 saturated carbocycles. The van der Waals surface area contributed by atoms with Crippen molar-refractivity contribution in [3.05, 3.63) is 340 Å². The Hall–Kier alpha value is -12.4. The highest BCUT2D eigenvalue weighted by molar-refractivity contribution is 6.12. The Morgan fingerprint density at radius 1 is 0.189 bits per heavy atom. The zero-order valence-corrected chi connectivity index (χ0v) is 48.8. The van der Waals surface area contributed by atoms with Crippen LogP contribution < -0.4 is 19.6 Å². The Kier molecular flexibility index (Phi) is 13.6. The summed E-state index contributed by atoms with van der Waals surface area (Å²) in [5.41, 5.74) is 13.8. The second-order valence-electron chi connectivity index (χ2n) is 22.0. The van der Waals surface area contributed by atoms with Gasteiger partial charge in [-0.2, -0.15) is 19.9 Å². The maximum Gasteiger partial charge on any atom is 0.238 e. The number of hydrogen-bond acceptors (Lipinski definition) is 8. The molecule has 10 nitrogen and oxygen atoms in total. The number of aromatic nitrogens is 6. The molecule has 90 heavy (non-hydrogen) atoms. The predicted molar refractivity (Wildman–Crippen MR) is 370 cm³/mol. The number of nitrogens with zero attached hydrogens (tertiary/aromatic N) is 10. The second-order valence-corrected chi connectivity index (χ2v) is 22.0. The van der Waals surface area contributed by atoms with Gasteiger partial charge in [0.15, 0.2) is 0 Å². The molecule has 0 aliphatic carbocycles. The maximum absolute atomic E-state index is 5.59. The molecule has 0 spiro atoms. The first kappa shape index (κ1) is 53.1. The highest BCUT2D eigenvalue weighted by Gasteiger charge is 2.27. The molecule has 0 amide bonds. The minimum atomic E-state index is 0.533. The second kappa shape index (κ2) is 23.1. The monoisotopic (exact) mass is 1160 g/mol. The zero-order valence-electron chi connectivity index (χ0n) is 48.8. The summed E-state index contributed by atoms with van der Waals surface area (Å²) in [5, 5.41) is 4.32. The minimum Gasteiger partial charge on any atom is -0.295 e. The van der Waals surface area contributed by atoms with Gasteiger partial charge in [0.05, 0.1) is 22.1 Å². The van der Waals surface area contributed by atoms with Crippen molar-refractivity contribution in [2.24, 2.45) is 0 Å². The largest absolute Gasteiger partial charge is 0.295 e. The lowest BCUT2D eigenvalue weighted by atomic mass is 10.0. The van der Waals surface area contributed by atoms with E-state index >= 15 is 0 Å². The normalized spacial score (nSPS) is 11.3. The summed E-state index contributed by atoms with van der Waals surface area (Å²) in [4.78, 5) is 31.2. The van der Waals surface area contributed by atoms with Crippen LogP contribution in [0.15, 0.2) is 340 Å². The highest BCUT2D eigenvalue weighted by Crippen LogP contribution is 2.44. The van der Waals surface area contributed by atoms with Crippen molar-refractivity contribution in [2.45, 2.75) is 0 Å². The summed E-state index contributed by atoms with van der Waals surface area (Å²) in [6.07, 6.45) is 0. The molecule has 0 bridgehead atoms. The van der Waals surface area contributed by atoms with Gasteiger partial charge in [0, 0.05) is 79.2 Å². The first-order valence-electron chi connectivity index (χ1n) is 30.1. The number of rotatable bonds is 15. The number of fused-ring (bicyclic) bond motifs is 6. The van der Waals surface area contributed by atoms with Crippen molar-refractivity contribution in [1.29, 1.82) is 0 Å². The van der Waals surface area contributed by atoms with Gasteiger partial charge >= 0.3 is 0 Å². The van der Waals surface area contributed by atoms with Gasteiger partial charge in [0.25, 0.3) is 0 Å². The molecule has 12 aromatic carbocycles. The molecular weight excluding hydrogens is 1100 g/mol. The molecule has 0 aliphatic rings. The van der Waals surface area contributed by atoms with Crippen LogP contribution in [-0.4, -0.2) is 29.1 Å². The molecule has 0 fully saturated rings. The van der Waals surface area contributed by atoms with Gasteiger partial charge in [0.1, 0.15) is 23.3 Å². The van der Waals surface area contributed by atoms with Gasteiger partial charge in [-0.3, -0.25) is 28.7 Å². The van der Waals surface area contributed by atoms with E-state index in [4.69, 9.17) is 19.9 Å². The third kappa shape index (κ3) is 9.76. The summed E-state index contributed by atoms with van der Waals surface area (Å²) in [6.45, 7) is 0. The smallest absolute Gasteiger partial charge is 0.238 e. The van der Waals surface area contributed by atoms with Gasteiger partial charge in [-0.1, -0.05) is 194 Å². The molecule has 16 rings (SSSR count). The van der Waals surface area contributed by atoms with Crippen LogP contribution in [0, 0.1) is 0 Å². The van der Waals surface area contributed by atoms with Crippen LogP contribution in [0.25, 0.3) is 66.6 Å². The quantitative estimate of drug-likeness (QED) is 0.101. The standard InChI is InChI=1S/C80H56N10/c1-9-29-59(30-10-1)85(60-31-11-2-12-32-60)75-55-76(86(61-33-13-3-14-34-61)62-35-15-4-16-36-62)82-79(81-75)89-71-47-27-25-45-67(71)69-53-57(49-51-73(69)89)58-50-52-74-70(54-58)68-46-26-28-48-72(68)90(74)80-83-77(87(63-37-17-5-18-38-63)64-39-19-6-20-40-64)56-78(84-80)88(65-41-21-7-22-42-65)66-43-23-8-24-44-66/h1-56H. The van der Waals surface area contributed by atoms with E-state index in [0.717, 1.165) is 100 Å². The molecule has 0 unspecified atom stereocenters. The van der Waals surface area contributed by atoms with Gasteiger partial charge < -0.3 is 0 Å². The van der Waals surface area contributed by atoms with E-state index in [1.807, 2.05) is 48.5 Å². The first-order chi connectivity index (χ1) is 44.7. The van der Waals surface area contributed by atoms with Crippen molar-refractivity contribution in [3.63, 3.8) is 0 Å². The average molecular weight is 1160 g/mol. The Labute approximate surface area is 521 Å². The number of benzene rings is 12. The zero-order chi connectivity index (χ0) is 59.7. The Morgan fingerprint density at radius 3 is 0.644 bits per heavy atom. The van der Waals surface area contributed by atoms with Crippen LogP contribution in [0.2, 0.25) is 0 Å². The van der Waals surface area contributed by atoms with E-state index in [1.165, 1.54) is 0 Å². The molecule has 0 aliphatic heterocycles. The molecule has 4 heterocycles. The summed E-state index contributed by atoms with van der Waals surface area (Å²) >= 11 is 0. The predicted octanol–water partition coefficient (Wildman–Crippen LogP) is 21.0. The number of para-hydroxylation sites is 10. The van der Waals surface area contributed by atoms with Crippen LogP contribution in [0.5, 0.6) is 0 Å². The van der Waals surface area contributed by atoms with E-state index in [1.54, 1.807) is 0 Å². The van der Waals surface area contributed by atoms with Gasteiger partial charge in [-0.25, -0.2) is 0 Å². The third-order valence-corrected chi connectivity index (χ3v) is 16.5.